The Morgan fingerprint density at radius 1 is 1.37 bits per heavy atom. The van der Waals surface area contributed by atoms with Crippen LogP contribution in [0.5, 0.6) is 0 Å². The summed E-state index contributed by atoms with van der Waals surface area (Å²) >= 11 is 7.75. The molecule has 0 saturated carbocycles. The normalized spacial score (nSPS) is 12.4. The second-order valence-corrected chi connectivity index (χ2v) is 6.14. The Hall–Kier alpha value is -1.03. The number of likely N-dealkylation sites (N-methyl/N-ethyl adjacent to an activating group) is 1. The lowest BCUT2D eigenvalue weighted by Gasteiger charge is -2.28. The summed E-state index contributed by atoms with van der Waals surface area (Å²) in [5.41, 5.74) is 1.91. The maximum absolute atomic E-state index is 9.45. The molecule has 1 unspecified atom stereocenters. The third-order valence-corrected chi connectivity index (χ3v) is 4.46. The molecule has 0 aliphatic rings. The van der Waals surface area contributed by atoms with E-state index in [9.17, 15) is 5.11 Å². The number of hydrogen-bond acceptors (Lipinski definition) is 3. The largest absolute Gasteiger partial charge is 0.392 e. The van der Waals surface area contributed by atoms with Crippen LogP contribution in [0.25, 0.3) is 0 Å². The van der Waals surface area contributed by atoms with Gasteiger partial charge in [0, 0.05) is 40.7 Å². The standard InChI is InChI=1S/C15H18ClNOS/c1-11(8-14-4-3-7-19-14)17(2)15-6-5-13(16)9-12(15)10-18/h3-7,9,11,18H,8,10H2,1-2H3. The van der Waals surface area contributed by atoms with Crippen molar-refractivity contribution in [3.63, 3.8) is 0 Å². The average Bonchev–Trinajstić information content (AvgIpc) is 2.90. The Morgan fingerprint density at radius 2 is 2.16 bits per heavy atom. The molecule has 19 heavy (non-hydrogen) atoms. The maximum atomic E-state index is 9.45. The lowest BCUT2D eigenvalue weighted by atomic mass is 10.1. The molecule has 1 heterocycles. The zero-order valence-electron chi connectivity index (χ0n) is 11.1. The van der Waals surface area contributed by atoms with Crippen molar-refractivity contribution in [3.8, 4) is 0 Å². The summed E-state index contributed by atoms with van der Waals surface area (Å²) in [6, 6.07) is 10.3. The molecule has 1 aromatic heterocycles. The minimum atomic E-state index is 0.00591. The molecule has 102 valence electrons. The van der Waals surface area contributed by atoms with Gasteiger partial charge < -0.3 is 10.0 Å². The lowest BCUT2D eigenvalue weighted by molar-refractivity contribution is 0.282. The molecule has 1 N–H and O–H groups in total. The highest BCUT2D eigenvalue weighted by molar-refractivity contribution is 7.09. The molecule has 1 atom stereocenters. The van der Waals surface area contributed by atoms with Crippen LogP contribution in [0.15, 0.2) is 35.7 Å². The highest BCUT2D eigenvalue weighted by atomic mass is 35.5. The molecule has 0 radical (unpaired) electrons. The fraction of sp³-hybridized carbons (Fsp3) is 0.333. The molecule has 2 nitrogen and oxygen atoms in total. The molecule has 0 fully saturated rings. The van der Waals surface area contributed by atoms with Gasteiger partial charge in [-0.25, -0.2) is 0 Å². The Morgan fingerprint density at radius 3 is 2.79 bits per heavy atom. The molecule has 1 aromatic carbocycles. The molecule has 2 rings (SSSR count). The number of halogens is 1. The van der Waals surface area contributed by atoms with Crippen LogP contribution in [0, 0.1) is 0 Å². The number of hydrogen-bond donors (Lipinski definition) is 1. The SMILES string of the molecule is CC(Cc1cccs1)N(C)c1ccc(Cl)cc1CO. The second-order valence-electron chi connectivity index (χ2n) is 4.67. The predicted molar refractivity (Wildman–Crippen MR) is 83.3 cm³/mol. The number of aliphatic hydroxyl groups excluding tert-OH is 1. The molecule has 2 aromatic rings. The Labute approximate surface area is 123 Å². The van der Waals surface area contributed by atoms with Crippen molar-refractivity contribution < 1.29 is 5.11 Å². The summed E-state index contributed by atoms with van der Waals surface area (Å²) in [6.45, 7) is 2.20. The van der Waals surface area contributed by atoms with Crippen LogP contribution < -0.4 is 4.90 Å². The molecule has 0 bridgehead atoms. The molecule has 0 amide bonds. The molecule has 0 aliphatic carbocycles. The van der Waals surface area contributed by atoms with Gasteiger partial charge in [0.05, 0.1) is 6.61 Å². The Balaban J connectivity index is 2.16. The van der Waals surface area contributed by atoms with Gasteiger partial charge in [0.2, 0.25) is 0 Å². The lowest BCUT2D eigenvalue weighted by Crippen LogP contribution is -2.31. The van der Waals surface area contributed by atoms with Crippen LogP contribution in [0.3, 0.4) is 0 Å². The monoisotopic (exact) mass is 295 g/mol. The van der Waals surface area contributed by atoms with Gasteiger partial charge in [-0.3, -0.25) is 0 Å². The fourth-order valence-electron chi connectivity index (χ4n) is 2.12. The second kappa shape index (κ2) is 6.42. The minimum absolute atomic E-state index is 0.00591. The first-order valence-electron chi connectivity index (χ1n) is 6.26. The smallest absolute Gasteiger partial charge is 0.0702 e. The Kier molecular flexibility index (Phi) is 4.86. The topological polar surface area (TPSA) is 23.5 Å². The summed E-state index contributed by atoms with van der Waals surface area (Å²) in [6.07, 6.45) is 1.00. The number of anilines is 1. The van der Waals surface area contributed by atoms with Gasteiger partial charge in [-0.1, -0.05) is 17.7 Å². The van der Waals surface area contributed by atoms with Crippen LogP contribution in [0.4, 0.5) is 5.69 Å². The maximum Gasteiger partial charge on any atom is 0.0702 e. The van der Waals surface area contributed by atoms with Crippen molar-refractivity contribution in [2.24, 2.45) is 0 Å². The summed E-state index contributed by atoms with van der Waals surface area (Å²) < 4.78 is 0. The Bertz CT molecular complexity index is 527. The van der Waals surface area contributed by atoms with Gasteiger partial charge in [-0.15, -0.1) is 11.3 Å². The van der Waals surface area contributed by atoms with Gasteiger partial charge in [0.15, 0.2) is 0 Å². The summed E-state index contributed by atoms with van der Waals surface area (Å²) in [4.78, 5) is 3.57. The van der Waals surface area contributed by atoms with Crippen molar-refractivity contribution in [2.75, 3.05) is 11.9 Å². The third kappa shape index (κ3) is 3.50. The van der Waals surface area contributed by atoms with E-state index >= 15 is 0 Å². The number of rotatable bonds is 5. The molecule has 0 saturated heterocycles. The number of benzene rings is 1. The van der Waals surface area contributed by atoms with E-state index in [0.717, 1.165) is 17.7 Å². The number of nitrogens with zero attached hydrogens (tertiary/aromatic N) is 1. The van der Waals surface area contributed by atoms with Crippen molar-refractivity contribution in [3.05, 3.63) is 51.2 Å². The molecule has 0 aliphatic heterocycles. The average molecular weight is 296 g/mol. The van der Waals surface area contributed by atoms with Gasteiger partial charge in [0.25, 0.3) is 0 Å². The van der Waals surface area contributed by atoms with Gasteiger partial charge in [0.1, 0.15) is 0 Å². The van der Waals surface area contributed by atoms with Crippen LogP contribution in [0.1, 0.15) is 17.4 Å². The van der Waals surface area contributed by atoms with Crippen molar-refractivity contribution >= 4 is 28.6 Å². The van der Waals surface area contributed by atoms with Gasteiger partial charge in [-0.05, 0) is 36.6 Å². The van der Waals surface area contributed by atoms with Crippen LogP contribution in [-0.2, 0) is 13.0 Å². The zero-order chi connectivity index (χ0) is 13.8. The predicted octanol–water partition coefficient (Wildman–Crippen LogP) is 3.96. The van der Waals surface area contributed by atoms with E-state index in [1.807, 2.05) is 18.2 Å². The van der Waals surface area contributed by atoms with Crippen molar-refractivity contribution in [2.45, 2.75) is 26.0 Å². The highest BCUT2D eigenvalue weighted by Gasteiger charge is 2.14. The fourth-order valence-corrected chi connectivity index (χ4v) is 3.14. The van der Waals surface area contributed by atoms with E-state index in [-0.39, 0.29) is 6.61 Å². The van der Waals surface area contributed by atoms with Gasteiger partial charge >= 0.3 is 0 Å². The zero-order valence-corrected chi connectivity index (χ0v) is 12.7. The summed E-state index contributed by atoms with van der Waals surface area (Å²) in [5.74, 6) is 0. The minimum Gasteiger partial charge on any atom is -0.392 e. The molecule has 4 heteroatoms. The van der Waals surface area contributed by atoms with E-state index in [1.54, 1.807) is 11.3 Å². The van der Waals surface area contributed by atoms with Crippen LogP contribution >= 0.6 is 22.9 Å². The van der Waals surface area contributed by atoms with Crippen molar-refractivity contribution in [1.29, 1.82) is 0 Å². The van der Waals surface area contributed by atoms with Crippen molar-refractivity contribution in [1.82, 2.24) is 0 Å². The molecular formula is C15H18ClNOS. The molecule has 0 spiro atoms. The first kappa shape index (κ1) is 14.4. The number of thiophene rings is 1. The van der Waals surface area contributed by atoms with Crippen LogP contribution in [-0.4, -0.2) is 18.2 Å². The first-order chi connectivity index (χ1) is 9.11. The van der Waals surface area contributed by atoms with E-state index < -0.39 is 0 Å². The van der Waals surface area contributed by atoms with Gasteiger partial charge in [-0.2, -0.15) is 0 Å². The van der Waals surface area contributed by atoms with E-state index in [0.29, 0.717) is 11.1 Å². The third-order valence-electron chi connectivity index (χ3n) is 3.33. The van der Waals surface area contributed by atoms with E-state index in [4.69, 9.17) is 11.6 Å². The quantitative estimate of drug-likeness (QED) is 0.902. The molecular weight excluding hydrogens is 278 g/mol. The highest BCUT2D eigenvalue weighted by Crippen LogP contribution is 2.26. The summed E-state index contributed by atoms with van der Waals surface area (Å²) in [5, 5.41) is 12.2. The van der Waals surface area contributed by atoms with E-state index in [1.165, 1.54) is 4.88 Å². The number of aliphatic hydroxyl groups is 1. The van der Waals surface area contributed by atoms with E-state index in [2.05, 4.69) is 36.4 Å². The first-order valence-corrected chi connectivity index (χ1v) is 7.52. The van der Waals surface area contributed by atoms with Crippen LogP contribution in [0.2, 0.25) is 5.02 Å². The summed E-state index contributed by atoms with van der Waals surface area (Å²) in [7, 11) is 2.06.